The van der Waals surface area contributed by atoms with Crippen LogP contribution in [0.2, 0.25) is 0 Å². The maximum Gasteiger partial charge on any atom is 0.290 e. The summed E-state index contributed by atoms with van der Waals surface area (Å²) in [5.41, 5.74) is -0.150. The lowest BCUT2D eigenvalue weighted by molar-refractivity contribution is -0.122. The fourth-order valence-corrected chi connectivity index (χ4v) is 3.79. The zero-order chi connectivity index (χ0) is 14.8. The van der Waals surface area contributed by atoms with E-state index < -0.39 is 0 Å². The largest absolute Gasteiger partial charge is 0.483 e. The number of rotatable bonds is 4. The number of hydrogen-bond acceptors (Lipinski definition) is 3. The van der Waals surface area contributed by atoms with Gasteiger partial charge in [0.2, 0.25) is 0 Å². The molecule has 118 valence electrons. The van der Waals surface area contributed by atoms with Gasteiger partial charge in [-0.15, -0.1) is 0 Å². The van der Waals surface area contributed by atoms with Gasteiger partial charge in [-0.25, -0.2) is 0 Å². The summed E-state index contributed by atoms with van der Waals surface area (Å²) in [4.78, 5) is 8.36. The van der Waals surface area contributed by atoms with E-state index in [1.54, 1.807) is 0 Å². The van der Waals surface area contributed by atoms with Crippen molar-refractivity contribution in [3.05, 3.63) is 0 Å². The molecule has 4 heteroatoms. The van der Waals surface area contributed by atoms with Gasteiger partial charge in [0.25, 0.3) is 6.47 Å². The first-order chi connectivity index (χ1) is 9.69. The van der Waals surface area contributed by atoms with Crippen LogP contribution in [0.15, 0.2) is 0 Å². The van der Waals surface area contributed by atoms with Crippen molar-refractivity contribution >= 4 is 6.47 Å². The molecule has 0 unspecified atom stereocenters. The Balaban J connectivity index is 0.000000612. The van der Waals surface area contributed by atoms with Gasteiger partial charge < -0.3 is 15.3 Å². The second-order valence-electron chi connectivity index (χ2n) is 6.60. The number of hydrogen-bond donors (Lipinski definition) is 3. The summed E-state index contributed by atoms with van der Waals surface area (Å²) in [7, 11) is 0. The minimum Gasteiger partial charge on any atom is -0.483 e. The van der Waals surface area contributed by atoms with E-state index in [-0.39, 0.29) is 25.1 Å². The monoisotopic (exact) mass is 286 g/mol. The third-order valence-corrected chi connectivity index (χ3v) is 5.23. The van der Waals surface area contributed by atoms with E-state index in [0.717, 1.165) is 24.7 Å². The van der Waals surface area contributed by atoms with Crippen LogP contribution in [0.5, 0.6) is 0 Å². The van der Waals surface area contributed by atoms with E-state index in [1.165, 1.54) is 51.4 Å². The molecule has 0 aromatic rings. The first-order valence-electron chi connectivity index (χ1n) is 7.99. The van der Waals surface area contributed by atoms with Crippen LogP contribution in [0.1, 0.15) is 64.2 Å². The number of aliphatic hydroxyl groups is 2. The standard InChI is InChI=1S/C15H28O2.CH2O2/c16-11-15(12-17)8-6-14(7-9-15)10-13-4-2-1-3-5-13;2-1-3/h13-14,16-17H,1-12H2;1H,(H,2,3). The quantitative estimate of drug-likeness (QED) is 0.694. The number of carbonyl (C=O) groups is 1. The average Bonchev–Trinajstić information content (AvgIpc) is 2.50. The Bertz CT molecular complexity index is 247. The van der Waals surface area contributed by atoms with E-state index in [1.807, 2.05) is 0 Å². The Morgan fingerprint density at radius 3 is 1.80 bits per heavy atom. The van der Waals surface area contributed by atoms with Crippen LogP contribution in [-0.2, 0) is 4.79 Å². The van der Waals surface area contributed by atoms with Crippen molar-refractivity contribution in [1.29, 1.82) is 0 Å². The summed E-state index contributed by atoms with van der Waals surface area (Å²) in [6, 6.07) is 0. The highest BCUT2D eigenvalue weighted by Crippen LogP contribution is 2.42. The molecule has 2 rings (SSSR count). The third-order valence-electron chi connectivity index (χ3n) is 5.23. The van der Waals surface area contributed by atoms with Gasteiger partial charge in [-0.2, -0.15) is 0 Å². The molecule has 0 amide bonds. The molecular formula is C16H30O4. The van der Waals surface area contributed by atoms with Gasteiger partial charge in [0.05, 0.1) is 13.2 Å². The zero-order valence-electron chi connectivity index (χ0n) is 12.5. The molecule has 0 bridgehead atoms. The second kappa shape index (κ2) is 9.35. The van der Waals surface area contributed by atoms with Crippen molar-refractivity contribution in [2.24, 2.45) is 17.3 Å². The van der Waals surface area contributed by atoms with Crippen molar-refractivity contribution in [2.45, 2.75) is 64.2 Å². The summed E-state index contributed by atoms with van der Waals surface area (Å²) in [6.45, 7) is 0.0826. The van der Waals surface area contributed by atoms with Crippen LogP contribution in [0.3, 0.4) is 0 Å². The maximum absolute atomic E-state index is 9.39. The molecular weight excluding hydrogens is 256 g/mol. The highest BCUT2D eigenvalue weighted by Gasteiger charge is 2.34. The smallest absolute Gasteiger partial charge is 0.290 e. The van der Waals surface area contributed by atoms with Gasteiger partial charge in [0.15, 0.2) is 0 Å². The Morgan fingerprint density at radius 1 is 0.900 bits per heavy atom. The van der Waals surface area contributed by atoms with Gasteiger partial charge in [0, 0.05) is 5.41 Å². The van der Waals surface area contributed by atoms with Crippen LogP contribution in [-0.4, -0.2) is 35.0 Å². The summed E-state index contributed by atoms with van der Waals surface area (Å²) in [5.74, 6) is 1.84. The predicted octanol–water partition coefficient (Wildman–Crippen LogP) is 2.82. The van der Waals surface area contributed by atoms with E-state index in [2.05, 4.69) is 0 Å². The molecule has 3 N–H and O–H groups in total. The van der Waals surface area contributed by atoms with E-state index in [4.69, 9.17) is 9.90 Å². The molecule has 0 aromatic carbocycles. The Labute approximate surface area is 122 Å². The maximum atomic E-state index is 9.39. The Kier molecular flexibility index (Phi) is 8.15. The lowest BCUT2D eigenvalue weighted by Gasteiger charge is -2.39. The van der Waals surface area contributed by atoms with Crippen molar-refractivity contribution in [3.63, 3.8) is 0 Å². The number of carboxylic acid groups (broad SMARTS) is 1. The summed E-state index contributed by atoms with van der Waals surface area (Å²) in [6.07, 6.45) is 13.1. The lowest BCUT2D eigenvalue weighted by atomic mass is 9.68. The fourth-order valence-electron chi connectivity index (χ4n) is 3.79. The molecule has 0 spiro atoms. The molecule has 0 aromatic heterocycles. The van der Waals surface area contributed by atoms with Gasteiger partial charge in [-0.3, -0.25) is 4.79 Å². The zero-order valence-corrected chi connectivity index (χ0v) is 12.5. The lowest BCUT2D eigenvalue weighted by Crippen LogP contribution is -2.35. The van der Waals surface area contributed by atoms with E-state index in [0.29, 0.717) is 0 Å². The van der Waals surface area contributed by atoms with Crippen molar-refractivity contribution in [2.75, 3.05) is 13.2 Å². The van der Waals surface area contributed by atoms with Crippen LogP contribution in [0.4, 0.5) is 0 Å². The van der Waals surface area contributed by atoms with Crippen molar-refractivity contribution in [3.8, 4) is 0 Å². The summed E-state index contributed by atoms with van der Waals surface area (Å²) >= 11 is 0. The second-order valence-corrected chi connectivity index (χ2v) is 6.60. The first-order valence-corrected chi connectivity index (χ1v) is 7.99. The molecule has 0 atom stereocenters. The van der Waals surface area contributed by atoms with Crippen LogP contribution in [0.25, 0.3) is 0 Å². The minimum atomic E-state index is -0.250. The molecule has 2 aliphatic rings. The van der Waals surface area contributed by atoms with Crippen molar-refractivity contribution in [1.82, 2.24) is 0 Å². The molecule has 2 saturated carbocycles. The van der Waals surface area contributed by atoms with Crippen molar-refractivity contribution < 1.29 is 20.1 Å². The van der Waals surface area contributed by atoms with Crippen LogP contribution >= 0.6 is 0 Å². The molecule has 2 aliphatic carbocycles. The molecule has 0 aliphatic heterocycles. The Hall–Kier alpha value is -0.610. The number of aliphatic hydroxyl groups excluding tert-OH is 2. The third kappa shape index (κ3) is 5.41. The van der Waals surface area contributed by atoms with Gasteiger partial charge in [0.1, 0.15) is 0 Å². The topological polar surface area (TPSA) is 77.8 Å². The Morgan fingerprint density at radius 2 is 1.35 bits per heavy atom. The van der Waals surface area contributed by atoms with Gasteiger partial charge >= 0.3 is 0 Å². The fraction of sp³-hybridized carbons (Fsp3) is 0.938. The van der Waals surface area contributed by atoms with E-state index in [9.17, 15) is 10.2 Å². The highest BCUT2D eigenvalue weighted by atomic mass is 16.3. The van der Waals surface area contributed by atoms with Crippen LogP contribution in [0, 0.1) is 17.3 Å². The van der Waals surface area contributed by atoms with Gasteiger partial charge in [-0.05, 0) is 43.9 Å². The van der Waals surface area contributed by atoms with E-state index >= 15 is 0 Å². The predicted molar refractivity (Wildman–Crippen MR) is 78.4 cm³/mol. The normalized spacial score (nSPS) is 23.7. The summed E-state index contributed by atoms with van der Waals surface area (Å²) in [5, 5.41) is 25.7. The SMILES string of the molecule is O=CO.OCC1(CO)CCC(CC2CCCCC2)CC1. The first kappa shape index (κ1) is 17.4. The molecule has 2 fully saturated rings. The molecule has 4 nitrogen and oxygen atoms in total. The molecule has 20 heavy (non-hydrogen) atoms. The minimum absolute atomic E-state index is 0.150. The van der Waals surface area contributed by atoms with Gasteiger partial charge in [-0.1, -0.05) is 32.1 Å². The summed E-state index contributed by atoms with van der Waals surface area (Å²) < 4.78 is 0. The molecule has 0 radical (unpaired) electrons. The molecule has 0 heterocycles. The average molecular weight is 286 g/mol. The highest BCUT2D eigenvalue weighted by molar-refractivity contribution is 5.32. The molecule has 0 saturated heterocycles. The van der Waals surface area contributed by atoms with Crippen LogP contribution < -0.4 is 0 Å².